The van der Waals surface area contributed by atoms with Crippen molar-refractivity contribution in [2.24, 2.45) is 0 Å². The normalized spacial score (nSPS) is 13.3. The first kappa shape index (κ1) is 18.7. The van der Waals surface area contributed by atoms with Crippen molar-refractivity contribution < 1.29 is 24.2 Å². The fourth-order valence-corrected chi connectivity index (χ4v) is 2.33. The molecule has 8 heteroatoms. The highest BCUT2D eigenvalue weighted by Gasteiger charge is 2.18. The van der Waals surface area contributed by atoms with Gasteiger partial charge in [0, 0.05) is 20.3 Å². The number of amides is 2. The van der Waals surface area contributed by atoms with Crippen molar-refractivity contribution in [3.05, 3.63) is 0 Å². The molecule has 0 bridgehead atoms. The number of carboxylic acid groups (broad SMARTS) is 1. The molecule has 0 aliphatic heterocycles. The second kappa shape index (κ2) is 11.5. The second-order valence-corrected chi connectivity index (χ2v) is 5.56. The third kappa shape index (κ3) is 8.76. The Labute approximate surface area is 122 Å². The van der Waals surface area contributed by atoms with Crippen molar-refractivity contribution in [2.45, 2.75) is 31.1 Å². The first-order valence-electron chi connectivity index (χ1n) is 6.33. The lowest BCUT2D eigenvalue weighted by Gasteiger charge is -2.14. The molecular weight excluding hydrogens is 284 g/mol. The fourth-order valence-electron chi connectivity index (χ4n) is 1.37. The minimum absolute atomic E-state index is 0.0821. The van der Waals surface area contributed by atoms with Crippen LogP contribution in [0.25, 0.3) is 0 Å². The third-order valence-corrected chi connectivity index (χ3v) is 3.72. The van der Waals surface area contributed by atoms with Gasteiger partial charge in [-0.25, -0.2) is 4.79 Å². The molecule has 2 amide bonds. The van der Waals surface area contributed by atoms with E-state index in [0.29, 0.717) is 25.3 Å². The summed E-state index contributed by atoms with van der Waals surface area (Å²) in [6.45, 7) is 2.92. The van der Waals surface area contributed by atoms with Crippen molar-refractivity contribution in [1.29, 1.82) is 0 Å². The Morgan fingerprint density at radius 1 is 1.45 bits per heavy atom. The highest BCUT2D eigenvalue weighted by molar-refractivity contribution is 8.00. The van der Waals surface area contributed by atoms with Crippen LogP contribution in [0.3, 0.4) is 0 Å². The number of rotatable bonds is 12. The molecule has 0 aromatic rings. The number of carbonyl (C=O) groups excluding carboxylic acids is 2. The predicted octanol–water partition coefficient (Wildman–Crippen LogP) is -0.150. The standard InChI is InChI=1S/C12H22N2O5S/c1-9(11(16)13-5-3-6-19-2)20-7-4-10(12(17)18)14-8-15/h8-10H,3-7H2,1-2H3,(H,13,16)(H,14,15)(H,17,18). The molecule has 20 heavy (non-hydrogen) atoms. The number of carboxylic acids is 1. The summed E-state index contributed by atoms with van der Waals surface area (Å²) in [5, 5.41) is 13.6. The molecule has 3 N–H and O–H groups in total. The Balaban J connectivity index is 3.84. The number of nitrogens with one attached hydrogen (secondary N) is 2. The zero-order valence-electron chi connectivity index (χ0n) is 11.8. The molecule has 0 spiro atoms. The summed E-state index contributed by atoms with van der Waals surface area (Å²) >= 11 is 1.36. The molecule has 7 nitrogen and oxygen atoms in total. The second-order valence-electron chi connectivity index (χ2n) is 4.11. The summed E-state index contributed by atoms with van der Waals surface area (Å²) in [4.78, 5) is 32.7. The maximum Gasteiger partial charge on any atom is 0.326 e. The van der Waals surface area contributed by atoms with E-state index in [1.54, 1.807) is 14.0 Å². The molecule has 0 saturated heterocycles. The lowest BCUT2D eigenvalue weighted by Crippen LogP contribution is -2.37. The molecule has 0 aliphatic carbocycles. The third-order valence-electron chi connectivity index (χ3n) is 2.54. The maximum absolute atomic E-state index is 11.7. The Kier molecular flexibility index (Phi) is 10.8. The van der Waals surface area contributed by atoms with Crippen LogP contribution >= 0.6 is 11.8 Å². The molecule has 0 radical (unpaired) electrons. The first-order valence-corrected chi connectivity index (χ1v) is 7.38. The number of carbonyl (C=O) groups is 3. The monoisotopic (exact) mass is 306 g/mol. The Bertz CT molecular complexity index is 314. The van der Waals surface area contributed by atoms with E-state index in [-0.39, 0.29) is 17.6 Å². The Morgan fingerprint density at radius 2 is 2.15 bits per heavy atom. The average molecular weight is 306 g/mol. The molecule has 0 aromatic carbocycles. The number of thioether (sulfide) groups is 1. The maximum atomic E-state index is 11.7. The van der Waals surface area contributed by atoms with E-state index in [0.717, 1.165) is 6.42 Å². The molecule has 0 saturated carbocycles. The molecule has 0 aliphatic rings. The van der Waals surface area contributed by atoms with Gasteiger partial charge in [-0.1, -0.05) is 0 Å². The van der Waals surface area contributed by atoms with Crippen LogP contribution in [-0.2, 0) is 19.1 Å². The number of ether oxygens (including phenoxy) is 1. The van der Waals surface area contributed by atoms with Crippen LogP contribution in [-0.4, -0.2) is 60.7 Å². The average Bonchev–Trinajstić information content (AvgIpc) is 2.42. The van der Waals surface area contributed by atoms with Crippen molar-refractivity contribution in [3.8, 4) is 0 Å². The lowest BCUT2D eigenvalue weighted by atomic mass is 10.2. The van der Waals surface area contributed by atoms with Crippen LogP contribution in [0.2, 0.25) is 0 Å². The Hall–Kier alpha value is -1.28. The van der Waals surface area contributed by atoms with E-state index in [1.807, 2.05) is 0 Å². The lowest BCUT2D eigenvalue weighted by molar-refractivity contribution is -0.140. The topological polar surface area (TPSA) is 105 Å². The van der Waals surface area contributed by atoms with E-state index in [1.165, 1.54) is 11.8 Å². The molecule has 2 unspecified atom stereocenters. The summed E-state index contributed by atoms with van der Waals surface area (Å²) in [5.74, 6) is -0.680. The van der Waals surface area contributed by atoms with Gasteiger partial charge in [-0.3, -0.25) is 9.59 Å². The SMILES string of the molecule is COCCCNC(=O)C(C)SCCC(NC=O)C(=O)O. The van der Waals surface area contributed by atoms with Crippen molar-refractivity contribution in [1.82, 2.24) is 10.6 Å². The van der Waals surface area contributed by atoms with E-state index in [2.05, 4.69) is 10.6 Å². The van der Waals surface area contributed by atoms with Gasteiger partial charge in [-0.15, -0.1) is 11.8 Å². The number of aliphatic carboxylic acids is 1. The molecule has 0 rings (SSSR count). The zero-order chi connectivity index (χ0) is 15.4. The minimum atomic E-state index is -1.07. The van der Waals surface area contributed by atoms with Gasteiger partial charge in [0.1, 0.15) is 6.04 Å². The van der Waals surface area contributed by atoms with Gasteiger partial charge in [0.15, 0.2) is 0 Å². The summed E-state index contributed by atoms with van der Waals surface area (Å²) in [5.41, 5.74) is 0. The van der Waals surface area contributed by atoms with Gasteiger partial charge in [0.25, 0.3) is 0 Å². The summed E-state index contributed by atoms with van der Waals surface area (Å²) in [7, 11) is 1.60. The van der Waals surface area contributed by atoms with E-state index in [4.69, 9.17) is 9.84 Å². The van der Waals surface area contributed by atoms with Crippen molar-refractivity contribution in [2.75, 3.05) is 26.0 Å². The van der Waals surface area contributed by atoms with Gasteiger partial charge in [-0.2, -0.15) is 0 Å². The van der Waals surface area contributed by atoms with E-state index >= 15 is 0 Å². The number of hydrogen-bond acceptors (Lipinski definition) is 5. The van der Waals surface area contributed by atoms with Crippen LogP contribution in [0, 0.1) is 0 Å². The van der Waals surface area contributed by atoms with Gasteiger partial charge >= 0.3 is 5.97 Å². The van der Waals surface area contributed by atoms with Crippen LogP contribution in [0.4, 0.5) is 0 Å². The molecule has 116 valence electrons. The molecule has 0 aromatic heterocycles. The van der Waals surface area contributed by atoms with Gasteiger partial charge in [-0.05, 0) is 25.5 Å². The summed E-state index contributed by atoms with van der Waals surface area (Å²) in [6, 6.07) is -0.906. The quantitative estimate of drug-likeness (QED) is 0.342. The fraction of sp³-hybridized carbons (Fsp3) is 0.750. The first-order chi connectivity index (χ1) is 9.52. The zero-order valence-corrected chi connectivity index (χ0v) is 12.6. The largest absolute Gasteiger partial charge is 0.480 e. The number of hydrogen-bond donors (Lipinski definition) is 3. The summed E-state index contributed by atoms with van der Waals surface area (Å²) in [6.07, 6.45) is 1.40. The van der Waals surface area contributed by atoms with Crippen molar-refractivity contribution in [3.63, 3.8) is 0 Å². The molecule has 0 heterocycles. The van der Waals surface area contributed by atoms with Crippen LogP contribution < -0.4 is 10.6 Å². The van der Waals surface area contributed by atoms with Crippen molar-refractivity contribution >= 4 is 30.0 Å². The Morgan fingerprint density at radius 3 is 2.70 bits per heavy atom. The highest BCUT2D eigenvalue weighted by Crippen LogP contribution is 2.13. The highest BCUT2D eigenvalue weighted by atomic mass is 32.2. The summed E-state index contributed by atoms with van der Waals surface area (Å²) < 4.78 is 4.87. The smallest absolute Gasteiger partial charge is 0.326 e. The van der Waals surface area contributed by atoms with Crippen LogP contribution in [0.15, 0.2) is 0 Å². The van der Waals surface area contributed by atoms with E-state index in [9.17, 15) is 14.4 Å². The van der Waals surface area contributed by atoms with E-state index < -0.39 is 12.0 Å². The van der Waals surface area contributed by atoms with Gasteiger partial charge < -0.3 is 20.5 Å². The van der Waals surface area contributed by atoms with Gasteiger partial charge in [0.2, 0.25) is 12.3 Å². The van der Waals surface area contributed by atoms with Gasteiger partial charge in [0.05, 0.1) is 5.25 Å². The molecule has 2 atom stereocenters. The minimum Gasteiger partial charge on any atom is -0.480 e. The van der Waals surface area contributed by atoms with Crippen LogP contribution in [0.1, 0.15) is 19.8 Å². The number of methoxy groups -OCH3 is 1. The molecule has 0 fully saturated rings. The molecular formula is C12H22N2O5S. The predicted molar refractivity (Wildman–Crippen MR) is 76.7 cm³/mol. The van der Waals surface area contributed by atoms with Crippen LogP contribution in [0.5, 0.6) is 0 Å².